The number of carbonyl (C=O) groups is 1. The van der Waals surface area contributed by atoms with Gasteiger partial charge in [0.2, 0.25) is 5.91 Å². The topological polar surface area (TPSA) is 89.9 Å². The van der Waals surface area contributed by atoms with Crippen molar-refractivity contribution in [3.05, 3.63) is 35.9 Å². The lowest BCUT2D eigenvalue weighted by Crippen LogP contribution is -2.69. The van der Waals surface area contributed by atoms with Gasteiger partial charge in [-0.25, -0.2) is 0 Å². The number of anilines is 1. The molecule has 1 amide bonds. The molecule has 1 aromatic heterocycles. The quantitative estimate of drug-likeness (QED) is 0.801. The fourth-order valence-electron chi connectivity index (χ4n) is 2.40. The number of hydrogen-bond donors (Lipinski definition) is 1. The highest BCUT2D eigenvalue weighted by Crippen LogP contribution is 2.25. The summed E-state index contributed by atoms with van der Waals surface area (Å²) in [4.78, 5) is 14.8. The van der Waals surface area contributed by atoms with Gasteiger partial charge in [0.05, 0.1) is 12.6 Å². The maximum absolute atomic E-state index is 11.8. The first kappa shape index (κ1) is 12.7. The first-order chi connectivity index (χ1) is 9.70. The first-order valence-electron chi connectivity index (χ1n) is 6.61. The zero-order valence-electron chi connectivity index (χ0n) is 11.2. The number of rotatable bonds is 4. The van der Waals surface area contributed by atoms with Crippen molar-refractivity contribution < 1.29 is 4.79 Å². The van der Waals surface area contributed by atoms with E-state index in [2.05, 4.69) is 15.4 Å². The average Bonchev–Trinajstić information content (AvgIpc) is 2.92. The summed E-state index contributed by atoms with van der Waals surface area (Å²) in [5.41, 5.74) is 6.84. The van der Waals surface area contributed by atoms with E-state index in [0.717, 1.165) is 12.0 Å². The number of benzene rings is 1. The van der Waals surface area contributed by atoms with Crippen LogP contribution in [0.2, 0.25) is 0 Å². The number of hydrogen-bond acceptors (Lipinski definition) is 5. The monoisotopic (exact) mass is 272 g/mol. The van der Waals surface area contributed by atoms with E-state index >= 15 is 0 Å². The lowest BCUT2D eigenvalue weighted by Gasteiger charge is -2.42. The zero-order chi connectivity index (χ0) is 14.1. The van der Waals surface area contributed by atoms with Crippen LogP contribution in [-0.4, -0.2) is 38.2 Å². The van der Waals surface area contributed by atoms with Crippen molar-refractivity contribution in [1.29, 1.82) is 0 Å². The maximum atomic E-state index is 11.8. The van der Waals surface area contributed by atoms with Crippen LogP contribution < -0.4 is 10.6 Å². The van der Waals surface area contributed by atoms with E-state index in [0.29, 0.717) is 12.5 Å². The van der Waals surface area contributed by atoms with E-state index in [-0.39, 0.29) is 11.9 Å². The maximum Gasteiger partial charge on any atom is 0.273 e. The van der Waals surface area contributed by atoms with E-state index in [1.807, 2.05) is 37.3 Å². The van der Waals surface area contributed by atoms with Crippen LogP contribution in [0.5, 0.6) is 0 Å². The minimum atomic E-state index is -0.443. The van der Waals surface area contributed by atoms with Gasteiger partial charge < -0.3 is 5.73 Å². The molecular weight excluding hydrogens is 256 g/mol. The Bertz CT molecular complexity index is 610. The van der Waals surface area contributed by atoms with Crippen molar-refractivity contribution in [2.45, 2.75) is 32.0 Å². The lowest BCUT2D eigenvalue weighted by atomic mass is 9.94. The molecule has 2 N–H and O–H groups in total. The van der Waals surface area contributed by atoms with E-state index in [9.17, 15) is 4.79 Å². The molecule has 1 aromatic carbocycles. The Balaban J connectivity index is 1.76. The molecule has 1 aliphatic heterocycles. The summed E-state index contributed by atoms with van der Waals surface area (Å²) in [6.07, 6.45) is 0.778. The molecule has 0 aliphatic carbocycles. The standard InChI is InChI=1S/C13H16N6O/c1-2-10-11(14)12(20)19(10)13-15-17-18(16-13)8-9-6-4-3-5-7-9/h3-7,10-11H,2,8,14H2,1H3. The number of nitrogens with two attached hydrogens (primary N) is 1. The Labute approximate surface area is 116 Å². The Morgan fingerprint density at radius 2 is 2.05 bits per heavy atom. The third kappa shape index (κ3) is 2.05. The van der Waals surface area contributed by atoms with E-state index in [4.69, 9.17) is 5.73 Å². The number of amides is 1. The van der Waals surface area contributed by atoms with Gasteiger partial charge in [-0.2, -0.15) is 4.80 Å². The molecule has 2 heterocycles. The normalized spacial score (nSPS) is 21.9. The molecule has 2 atom stereocenters. The molecule has 104 valence electrons. The van der Waals surface area contributed by atoms with Crippen molar-refractivity contribution in [3.63, 3.8) is 0 Å². The van der Waals surface area contributed by atoms with Gasteiger partial charge in [-0.3, -0.25) is 9.69 Å². The summed E-state index contributed by atoms with van der Waals surface area (Å²) in [6.45, 7) is 2.51. The van der Waals surface area contributed by atoms with E-state index in [1.54, 1.807) is 0 Å². The molecule has 2 unspecified atom stereocenters. The summed E-state index contributed by atoms with van der Waals surface area (Å²) in [5.74, 6) is 0.190. The number of β-lactam (4-membered cyclic amide) rings is 1. The van der Waals surface area contributed by atoms with Crippen LogP contribution in [0.4, 0.5) is 5.95 Å². The summed E-state index contributed by atoms with van der Waals surface area (Å²) in [6, 6.07) is 9.37. The molecule has 0 saturated carbocycles. The fourth-order valence-corrected chi connectivity index (χ4v) is 2.40. The summed E-state index contributed by atoms with van der Waals surface area (Å²) < 4.78 is 0. The van der Waals surface area contributed by atoms with Crippen LogP contribution in [0, 0.1) is 0 Å². The third-order valence-corrected chi connectivity index (χ3v) is 3.51. The molecule has 7 nitrogen and oxygen atoms in total. The first-order valence-corrected chi connectivity index (χ1v) is 6.61. The average molecular weight is 272 g/mol. The van der Waals surface area contributed by atoms with Gasteiger partial charge in [0.15, 0.2) is 0 Å². The van der Waals surface area contributed by atoms with Crippen LogP contribution in [0.1, 0.15) is 18.9 Å². The highest BCUT2D eigenvalue weighted by atomic mass is 16.2. The fraction of sp³-hybridized carbons (Fsp3) is 0.385. The summed E-state index contributed by atoms with van der Waals surface area (Å²) in [7, 11) is 0. The van der Waals surface area contributed by atoms with Gasteiger partial charge in [0.1, 0.15) is 6.04 Å². The van der Waals surface area contributed by atoms with Crippen molar-refractivity contribution in [1.82, 2.24) is 20.2 Å². The molecule has 0 bridgehead atoms. The number of carbonyl (C=O) groups excluding carboxylic acids is 1. The second kappa shape index (κ2) is 5.01. The number of nitrogens with zero attached hydrogens (tertiary/aromatic N) is 5. The molecule has 1 saturated heterocycles. The van der Waals surface area contributed by atoms with Crippen molar-refractivity contribution >= 4 is 11.9 Å². The Hall–Kier alpha value is -2.28. The molecule has 1 aliphatic rings. The van der Waals surface area contributed by atoms with Gasteiger partial charge in [0.25, 0.3) is 5.95 Å². The van der Waals surface area contributed by atoms with Gasteiger partial charge in [-0.1, -0.05) is 42.4 Å². The highest BCUT2D eigenvalue weighted by Gasteiger charge is 2.46. The molecule has 7 heteroatoms. The van der Waals surface area contributed by atoms with Crippen LogP contribution in [0.3, 0.4) is 0 Å². The molecule has 1 fully saturated rings. The van der Waals surface area contributed by atoms with Crippen LogP contribution in [-0.2, 0) is 11.3 Å². The van der Waals surface area contributed by atoms with Crippen molar-refractivity contribution in [2.24, 2.45) is 5.73 Å². The molecule has 0 spiro atoms. The minimum Gasteiger partial charge on any atom is -0.318 e. The minimum absolute atomic E-state index is 0.0307. The van der Waals surface area contributed by atoms with Crippen molar-refractivity contribution in [3.8, 4) is 0 Å². The summed E-state index contributed by atoms with van der Waals surface area (Å²) in [5, 5.41) is 12.2. The Morgan fingerprint density at radius 3 is 2.75 bits per heavy atom. The predicted octanol–water partition coefficient (Wildman–Crippen LogP) is 0.174. The van der Waals surface area contributed by atoms with Crippen LogP contribution in [0.25, 0.3) is 0 Å². The molecule has 0 radical (unpaired) electrons. The Kier molecular flexibility index (Phi) is 3.19. The van der Waals surface area contributed by atoms with Crippen LogP contribution >= 0.6 is 0 Å². The van der Waals surface area contributed by atoms with E-state index in [1.165, 1.54) is 9.70 Å². The van der Waals surface area contributed by atoms with Gasteiger partial charge in [-0.05, 0) is 17.2 Å². The van der Waals surface area contributed by atoms with Gasteiger partial charge in [-0.15, -0.1) is 5.10 Å². The second-order valence-corrected chi connectivity index (χ2v) is 4.82. The zero-order valence-corrected chi connectivity index (χ0v) is 11.2. The Morgan fingerprint density at radius 1 is 1.30 bits per heavy atom. The SMILES string of the molecule is CCC1C(N)C(=O)N1c1nnn(Cc2ccccc2)n1. The highest BCUT2D eigenvalue weighted by molar-refractivity contribution is 6.03. The molecule has 20 heavy (non-hydrogen) atoms. The molecular formula is C13H16N6O. The number of aromatic nitrogens is 4. The van der Waals surface area contributed by atoms with Crippen LogP contribution in [0.15, 0.2) is 30.3 Å². The van der Waals surface area contributed by atoms with Gasteiger partial charge in [0, 0.05) is 0 Å². The smallest absolute Gasteiger partial charge is 0.273 e. The lowest BCUT2D eigenvalue weighted by molar-refractivity contribution is -0.126. The largest absolute Gasteiger partial charge is 0.318 e. The van der Waals surface area contributed by atoms with Gasteiger partial charge >= 0.3 is 0 Å². The predicted molar refractivity (Wildman–Crippen MR) is 72.9 cm³/mol. The molecule has 2 aromatic rings. The van der Waals surface area contributed by atoms with Crippen molar-refractivity contribution in [2.75, 3.05) is 4.90 Å². The number of tetrazole rings is 1. The van der Waals surface area contributed by atoms with E-state index < -0.39 is 6.04 Å². The summed E-state index contributed by atoms with van der Waals surface area (Å²) >= 11 is 0. The molecule has 3 rings (SSSR count). The second-order valence-electron chi connectivity index (χ2n) is 4.82. The third-order valence-electron chi connectivity index (χ3n) is 3.51.